The monoisotopic (exact) mass is 665 g/mol. The molecule has 256 valence electrons. The Morgan fingerprint density at radius 2 is 1.88 bits per heavy atom. The number of piperazine rings is 1. The molecule has 2 aromatic heterocycles. The van der Waals surface area contributed by atoms with Crippen LogP contribution in [0.3, 0.4) is 0 Å². The number of nitriles is 1. The molecule has 2 fully saturated rings. The first-order valence-electron chi connectivity index (χ1n) is 17.0. The zero-order valence-corrected chi connectivity index (χ0v) is 28.6. The highest BCUT2D eigenvalue weighted by molar-refractivity contribution is 5.99. The third-order valence-corrected chi connectivity index (χ3v) is 9.59. The first-order valence-corrected chi connectivity index (χ1v) is 17.0. The van der Waals surface area contributed by atoms with Crippen LogP contribution in [0.1, 0.15) is 59.4 Å². The highest BCUT2D eigenvalue weighted by Gasteiger charge is 2.33. The molecule has 0 aliphatic carbocycles. The third kappa shape index (κ3) is 7.43. The van der Waals surface area contributed by atoms with Gasteiger partial charge in [0.2, 0.25) is 0 Å². The van der Waals surface area contributed by atoms with Crippen molar-refractivity contribution in [2.45, 2.75) is 77.0 Å². The Bertz CT molecular complexity index is 1870. The summed E-state index contributed by atoms with van der Waals surface area (Å²) in [4.78, 5) is 26.5. The Kier molecular flexibility index (Phi) is 9.94. The summed E-state index contributed by atoms with van der Waals surface area (Å²) in [5.74, 6) is 0.300. The molecule has 6 rings (SSSR count). The average molecular weight is 666 g/mol. The number of piperidine rings is 1. The molecule has 2 aromatic carbocycles. The van der Waals surface area contributed by atoms with Gasteiger partial charge in [0.1, 0.15) is 46.8 Å². The Morgan fingerprint density at radius 1 is 1.12 bits per heavy atom. The zero-order chi connectivity index (χ0) is 34.7. The number of amides is 1. The van der Waals surface area contributed by atoms with E-state index in [0.717, 1.165) is 25.9 Å². The van der Waals surface area contributed by atoms with Crippen LogP contribution in [-0.2, 0) is 4.79 Å². The maximum atomic E-state index is 15.7. The fourth-order valence-electron chi connectivity index (χ4n) is 7.05. The van der Waals surface area contributed by atoms with Crippen molar-refractivity contribution in [3.05, 3.63) is 72.3 Å². The second kappa shape index (κ2) is 14.3. The number of ether oxygens (including phenoxy) is 1. The molecule has 2 saturated heterocycles. The lowest BCUT2D eigenvalue weighted by atomic mass is 9.92. The summed E-state index contributed by atoms with van der Waals surface area (Å²) in [5, 5.41) is 18.9. The van der Waals surface area contributed by atoms with Crippen LogP contribution in [0, 0.1) is 17.1 Å². The summed E-state index contributed by atoms with van der Waals surface area (Å²) in [6.45, 7) is 11.6. The van der Waals surface area contributed by atoms with E-state index in [9.17, 15) is 10.1 Å². The number of allylic oxidation sites excluding steroid dienone is 1. The molecule has 1 amide bonds. The fraction of sp³-hybridized carbons (Fsp3) is 0.432. The van der Waals surface area contributed by atoms with Gasteiger partial charge in [-0.15, -0.1) is 0 Å². The number of rotatable bonds is 9. The van der Waals surface area contributed by atoms with Crippen LogP contribution < -0.4 is 15.8 Å². The third-order valence-electron chi connectivity index (χ3n) is 9.59. The van der Waals surface area contributed by atoms with Gasteiger partial charge in [0, 0.05) is 55.4 Å². The van der Waals surface area contributed by atoms with Gasteiger partial charge in [-0.05, 0) is 77.6 Å². The van der Waals surface area contributed by atoms with Gasteiger partial charge in [0.15, 0.2) is 5.65 Å². The molecule has 11 nitrogen and oxygen atoms in total. The highest BCUT2D eigenvalue weighted by Crippen LogP contribution is 2.36. The maximum Gasteiger partial charge on any atom is 0.264 e. The molecule has 0 saturated carbocycles. The van der Waals surface area contributed by atoms with Crippen molar-refractivity contribution in [1.29, 1.82) is 5.26 Å². The standard InChI is InChI=1S/C37H44FN9O2/c1-24-20-46(21-25(2)43-24)37(3,4)16-8-10-26(19-39)36(48)45-17-9-11-27(22-45)47-35-32(34(40)41-23-42-35)33(44-47)30-15-14-29(18-31(30)38)49-28-12-6-5-7-13-28/h5-7,10,12-15,18,23-25,27,43H,8-9,11,16-17,20-22H2,1-4H3,(H2,40,41,42)/b26-10+/t24-,25+,27-/m1/s1. The van der Waals surface area contributed by atoms with E-state index in [1.807, 2.05) is 18.2 Å². The minimum atomic E-state index is -0.531. The number of fused-ring (bicyclic) bond motifs is 1. The van der Waals surface area contributed by atoms with Gasteiger partial charge in [0.05, 0.1) is 11.4 Å². The molecule has 0 spiro atoms. The van der Waals surface area contributed by atoms with Gasteiger partial charge in [-0.1, -0.05) is 24.3 Å². The molecule has 3 atom stereocenters. The van der Waals surface area contributed by atoms with E-state index < -0.39 is 5.82 Å². The van der Waals surface area contributed by atoms with Crippen LogP contribution in [0.4, 0.5) is 10.2 Å². The topological polar surface area (TPSA) is 138 Å². The highest BCUT2D eigenvalue weighted by atomic mass is 19.1. The summed E-state index contributed by atoms with van der Waals surface area (Å²) in [6, 6.07) is 16.5. The number of nitrogens with one attached hydrogen (secondary N) is 1. The lowest BCUT2D eigenvalue weighted by molar-refractivity contribution is -0.128. The Morgan fingerprint density at radius 3 is 2.59 bits per heavy atom. The Labute approximate surface area is 286 Å². The van der Waals surface area contributed by atoms with Crippen molar-refractivity contribution in [3.8, 4) is 28.8 Å². The molecule has 4 heterocycles. The van der Waals surface area contributed by atoms with Gasteiger partial charge in [0.25, 0.3) is 5.91 Å². The summed E-state index contributed by atoms with van der Waals surface area (Å²) in [6.07, 6.45) is 6.02. The van der Waals surface area contributed by atoms with E-state index in [1.54, 1.807) is 39.9 Å². The Hall–Kier alpha value is -4.86. The average Bonchev–Trinajstić information content (AvgIpc) is 3.47. The number of nitrogens with two attached hydrogens (primary N) is 1. The first kappa shape index (κ1) is 34.0. The second-order valence-corrected chi connectivity index (χ2v) is 13.8. The van der Waals surface area contributed by atoms with Crippen molar-refractivity contribution in [2.75, 3.05) is 31.9 Å². The van der Waals surface area contributed by atoms with Crippen LogP contribution in [0.15, 0.2) is 66.5 Å². The summed E-state index contributed by atoms with van der Waals surface area (Å²) < 4.78 is 23.2. The largest absolute Gasteiger partial charge is 0.457 e. The number of carbonyl (C=O) groups excluding carboxylic acids is 1. The SMILES string of the molecule is C[C@@H]1CN(C(C)(C)CC/C=C(\C#N)C(=O)N2CCC[C@@H](n3nc(-c4ccc(Oc5ccccc5)cc4F)c4c(N)ncnc43)C2)C[C@H](C)N1. The quantitative estimate of drug-likeness (QED) is 0.166. The summed E-state index contributed by atoms with van der Waals surface area (Å²) in [7, 11) is 0. The molecule has 12 heteroatoms. The molecule has 0 bridgehead atoms. The van der Waals surface area contributed by atoms with Gasteiger partial charge in [-0.3, -0.25) is 9.69 Å². The van der Waals surface area contributed by atoms with Crippen molar-refractivity contribution in [3.63, 3.8) is 0 Å². The second-order valence-electron chi connectivity index (χ2n) is 13.8. The number of hydrogen-bond acceptors (Lipinski definition) is 9. The molecule has 49 heavy (non-hydrogen) atoms. The lowest BCUT2D eigenvalue weighted by Crippen LogP contribution is -2.60. The van der Waals surface area contributed by atoms with Crippen molar-refractivity contribution in [2.24, 2.45) is 0 Å². The number of hydrogen-bond donors (Lipinski definition) is 2. The molecule has 2 aliphatic rings. The van der Waals surface area contributed by atoms with Crippen LogP contribution in [0.25, 0.3) is 22.3 Å². The Balaban J connectivity index is 1.20. The van der Waals surface area contributed by atoms with Gasteiger partial charge >= 0.3 is 0 Å². The first-order chi connectivity index (χ1) is 23.5. The smallest absolute Gasteiger partial charge is 0.264 e. The molecular formula is C37H44FN9O2. The minimum absolute atomic E-state index is 0.0712. The van der Waals surface area contributed by atoms with E-state index in [-0.39, 0.29) is 34.4 Å². The van der Waals surface area contributed by atoms with Gasteiger partial charge in [-0.25, -0.2) is 19.0 Å². The van der Waals surface area contributed by atoms with Crippen molar-refractivity contribution < 1.29 is 13.9 Å². The predicted molar refractivity (Wildman–Crippen MR) is 187 cm³/mol. The number of carbonyl (C=O) groups is 1. The van der Waals surface area contributed by atoms with Gasteiger partial charge < -0.3 is 20.7 Å². The number of anilines is 1. The van der Waals surface area contributed by atoms with E-state index >= 15 is 4.39 Å². The van der Waals surface area contributed by atoms with Crippen LogP contribution in [-0.4, -0.2) is 79.3 Å². The number of para-hydroxylation sites is 1. The van der Waals surface area contributed by atoms with Crippen LogP contribution >= 0.6 is 0 Å². The molecule has 2 aliphatic heterocycles. The minimum Gasteiger partial charge on any atom is -0.457 e. The molecule has 0 radical (unpaired) electrons. The number of nitrogens with zero attached hydrogens (tertiary/aromatic N) is 7. The number of nitrogen functional groups attached to an aromatic ring is 1. The molecule has 3 N–H and O–H groups in total. The predicted octanol–water partition coefficient (Wildman–Crippen LogP) is 5.86. The van der Waals surface area contributed by atoms with Crippen LogP contribution in [0.2, 0.25) is 0 Å². The van der Waals surface area contributed by atoms with E-state index in [0.29, 0.717) is 66.2 Å². The maximum absolute atomic E-state index is 15.7. The zero-order valence-electron chi connectivity index (χ0n) is 28.6. The molecular weight excluding hydrogens is 621 g/mol. The van der Waals surface area contributed by atoms with E-state index in [2.05, 4.69) is 53.9 Å². The molecule has 4 aromatic rings. The van der Waals surface area contributed by atoms with Crippen LogP contribution in [0.5, 0.6) is 11.5 Å². The number of aromatic nitrogens is 4. The van der Waals surface area contributed by atoms with Crippen molar-refractivity contribution >= 4 is 22.8 Å². The number of likely N-dealkylation sites (tertiary alicyclic amines) is 1. The number of halogens is 1. The number of benzene rings is 2. The molecule has 0 unspecified atom stereocenters. The van der Waals surface area contributed by atoms with Gasteiger partial charge in [-0.2, -0.15) is 10.4 Å². The van der Waals surface area contributed by atoms with Crippen molar-refractivity contribution in [1.82, 2.24) is 34.9 Å². The lowest BCUT2D eigenvalue weighted by Gasteiger charge is -2.45. The van der Waals surface area contributed by atoms with E-state index in [4.69, 9.17) is 15.6 Å². The summed E-state index contributed by atoms with van der Waals surface area (Å²) >= 11 is 0. The van der Waals surface area contributed by atoms with E-state index in [1.165, 1.54) is 12.4 Å². The summed E-state index contributed by atoms with van der Waals surface area (Å²) in [5.41, 5.74) is 7.41. The fourth-order valence-corrected chi connectivity index (χ4v) is 7.05. The normalized spacial score (nSPS) is 20.7.